The molecule has 0 aliphatic carbocycles. The van der Waals surface area contributed by atoms with Gasteiger partial charge in [0.1, 0.15) is 0 Å². The summed E-state index contributed by atoms with van der Waals surface area (Å²) < 4.78 is 19.0. The summed E-state index contributed by atoms with van der Waals surface area (Å²) in [5, 5.41) is 4.89. The minimum atomic E-state index is -1.07. The number of nitrogens with zero attached hydrogens (tertiary/aromatic N) is 2. The van der Waals surface area contributed by atoms with Gasteiger partial charge in [-0.2, -0.15) is 0 Å². The first-order chi connectivity index (χ1) is 11.7. The van der Waals surface area contributed by atoms with Crippen LogP contribution in [-0.4, -0.2) is 28.1 Å². The summed E-state index contributed by atoms with van der Waals surface area (Å²) in [5.41, 5.74) is 3.17. The summed E-state index contributed by atoms with van der Waals surface area (Å²) in [6.07, 6.45) is 0. The van der Waals surface area contributed by atoms with E-state index in [1.807, 2.05) is 42.5 Å². The number of benzene rings is 2. The second kappa shape index (κ2) is 6.57. The van der Waals surface area contributed by atoms with E-state index in [9.17, 15) is 4.21 Å². The van der Waals surface area contributed by atoms with Crippen molar-refractivity contribution in [3.8, 4) is 0 Å². The van der Waals surface area contributed by atoms with Crippen molar-refractivity contribution in [1.29, 1.82) is 0 Å². The van der Waals surface area contributed by atoms with Crippen LogP contribution in [0.4, 0.5) is 0 Å². The van der Waals surface area contributed by atoms with Crippen LogP contribution in [-0.2, 0) is 10.8 Å². The summed E-state index contributed by atoms with van der Waals surface area (Å²) in [4.78, 5) is 0. The SMILES string of the molecule is CC1c2nn[se]c2C(c2ccc(Cl)cc2)S(=O)C1c1ccccc1. The van der Waals surface area contributed by atoms with E-state index in [4.69, 9.17) is 11.6 Å². The predicted molar refractivity (Wildman–Crippen MR) is 98.0 cm³/mol. The van der Waals surface area contributed by atoms with Crippen LogP contribution in [0.2, 0.25) is 5.02 Å². The van der Waals surface area contributed by atoms with Crippen LogP contribution < -0.4 is 0 Å². The Morgan fingerprint density at radius 2 is 1.75 bits per heavy atom. The summed E-state index contributed by atoms with van der Waals surface area (Å²) >= 11 is 5.96. The zero-order chi connectivity index (χ0) is 16.7. The fourth-order valence-corrected chi connectivity index (χ4v) is 7.85. The van der Waals surface area contributed by atoms with Crippen molar-refractivity contribution in [3.05, 3.63) is 80.9 Å². The van der Waals surface area contributed by atoms with Crippen LogP contribution in [0, 0.1) is 0 Å². The molecule has 2 heterocycles. The molecule has 0 fully saturated rings. The summed E-state index contributed by atoms with van der Waals surface area (Å²) in [5.74, 6) is 0.111. The molecule has 3 aromatic rings. The zero-order valence-corrected chi connectivity index (χ0v) is 16.2. The minimum absolute atomic E-state index is 0.0643. The maximum absolute atomic E-state index is 13.5. The van der Waals surface area contributed by atoms with E-state index in [0.717, 1.165) is 21.3 Å². The van der Waals surface area contributed by atoms with E-state index < -0.39 is 10.8 Å². The van der Waals surface area contributed by atoms with Crippen molar-refractivity contribution in [1.82, 2.24) is 9.19 Å². The van der Waals surface area contributed by atoms with E-state index in [0.29, 0.717) is 5.02 Å². The number of hydrogen-bond acceptors (Lipinski definition) is 3. The molecule has 1 aromatic heterocycles. The molecule has 3 nitrogen and oxygen atoms in total. The third-order valence-electron chi connectivity index (χ3n) is 4.45. The van der Waals surface area contributed by atoms with E-state index in [-0.39, 0.29) is 31.2 Å². The number of fused-ring (bicyclic) bond motifs is 1. The molecule has 24 heavy (non-hydrogen) atoms. The summed E-state index contributed by atoms with van der Waals surface area (Å²) in [6.45, 7) is 2.11. The van der Waals surface area contributed by atoms with Gasteiger partial charge in [-0.15, -0.1) is 0 Å². The maximum atomic E-state index is 13.5. The Morgan fingerprint density at radius 1 is 1.04 bits per heavy atom. The average Bonchev–Trinajstić information content (AvgIpc) is 3.07. The molecule has 0 N–H and O–H groups in total. The van der Waals surface area contributed by atoms with Crippen LogP contribution in [0.1, 0.15) is 44.6 Å². The van der Waals surface area contributed by atoms with Gasteiger partial charge in [0.05, 0.1) is 0 Å². The fraction of sp³-hybridized carbons (Fsp3) is 0.222. The first-order valence-corrected chi connectivity index (χ1v) is 11.0. The van der Waals surface area contributed by atoms with Crippen LogP contribution >= 0.6 is 11.6 Å². The van der Waals surface area contributed by atoms with Gasteiger partial charge in [-0.25, -0.2) is 0 Å². The van der Waals surface area contributed by atoms with E-state index in [1.165, 1.54) is 0 Å². The molecule has 0 saturated heterocycles. The van der Waals surface area contributed by atoms with Gasteiger partial charge in [-0.05, 0) is 0 Å². The standard InChI is InChI=1S/C18H15ClN2OSSe/c1-11-15-18(24-21-20-15)17(13-7-9-14(19)10-8-13)23(22)16(11)12-5-3-2-4-6-12/h2-11,16-17H,1H3. The Labute approximate surface area is 154 Å². The molecule has 0 bridgehead atoms. The summed E-state index contributed by atoms with van der Waals surface area (Å²) in [7, 11) is -1.07. The quantitative estimate of drug-likeness (QED) is 0.590. The first-order valence-electron chi connectivity index (χ1n) is 7.68. The number of halogens is 1. The fourth-order valence-electron chi connectivity index (χ4n) is 3.29. The molecule has 0 amide bonds. The third kappa shape index (κ3) is 2.70. The molecular formula is C18H15ClN2OSSe. The molecule has 1 aliphatic rings. The van der Waals surface area contributed by atoms with Crippen molar-refractivity contribution in [2.75, 3.05) is 0 Å². The molecule has 0 saturated carbocycles. The molecular weight excluding hydrogens is 407 g/mol. The monoisotopic (exact) mass is 422 g/mol. The Hall–Kier alpha value is -1.26. The van der Waals surface area contributed by atoms with E-state index >= 15 is 0 Å². The molecule has 4 rings (SSSR count). The molecule has 0 spiro atoms. The molecule has 4 unspecified atom stereocenters. The predicted octanol–water partition coefficient (Wildman–Crippen LogP) is 3.88. The average molecular weight is 422 g/mol. The second-order valence-corrected chi connectivity index (χ2v) is 9.62. The normalized spacial score (nSPS) is 26.1. The van der Waals surface area contributed by atoms with Crippen molar-refractivity contribution in [2.45, 2.75) is 23.3 Å². The Morgan fingerprint density at radius 3 is 2.46 bits per heavy atom. The van der Waals surface area contributed by atoms with Gasteiger partial charge in [0.2, 0.25) is 0 Å². The van der Waals surface area contributed by atoms with Gasteiger partial charge in [-0.1, -0.05) is 0 Å². The Kier molecular flexibility index (Phi) is 4.44. The van der Waals surface area contributed by atoms with E-state index in [2.05, 4.69) is 28.2 Å². The first kappa shape index (κ1) is 16.2. The third-order valence-corrected chi connectivity index (χ3v) is 8.88. The van der Waals surface area contributed by atoms with Crippen molar-refractivity contribution in [3.63, 3.8) is 0 Å². The molecule has 2 aromatic carbocycles. The number of aromatic nitrogens is 2. The van der Waals surface area contributed by atoms with E-state index in [1.54, 1.807) is 0 Å². The van der Waals surface area contributed by atoms with Crippen LogP contribution in [0.25, 0.3) is 0 Å². The Bertz CT molecular complexity index is 882. The molecule has 0 radical (unpaired) electrons. The molecule has 4 atom stereocenters. The Balaban J connectivity index is 1.86. The topological polar surface area (TPSA) is 42.9 Å². The van der Waals surface area contributed by atoms with Crippen LogP contribution in [0.15, 0.2) is 54.6 Å². The summed E-state index contributed by atoms with van der Waals surface area (Å²) in [6, 6.07) is 17.8. The van der Waals surface area contributed by atoms with Gasteiger partial charge in [0.15, 0.2) is 0 Å². The number of rotatable bonds is 2. The van der Waals surface area contributed by atoms with Crippen molar-refractivity contribution < 1.29 is 4.21 Å². The molecule has 1 aliphatic heterocycles. The van der Waals surface area contributed by atoms with Gasteiger partial charge in [0, 0.05) is 0 Å². The van der Waals surface area contributed by atoms with Gasteiger partial charge in [0.25, 0.3) is 0 Å². The second-order valence-electron chi connectivity index (χ2n) is 5.90. The van der Waals surface area contributed by atoms with Crippen LogP contribution in [0.5, 0.6) is 0 Å². The number of hydrogen-bond donors (Lipinski definition) is 0. The molecule has 6 heteroatoms. The van der Waals surface area contributed by atoms with Gasteiger partial charge in [-0.3, -0.25) is 0 Å². The molecule has 122 valence electrons. The zero-order valence-electron chi connectivity index (χ0n) is 12.9. The van der Waals surface area contributed by atoms with Gasteiger partial charge < -0.3 is 0 Å². The van der Waals surface area contributed by atoms with Crippen molar-refractivity contribution >= 4 is 37.1 Å². The van der Waals surface area contributed by atoms with Crippen LogP contribution in [0.3, 0.4) is 0 Å². The van der Waals surface area contributed by atoms with Crippen molar-refractivity contribution in [2.24, 2.45) is 0 Å². The van der Waals surface area contributed by atoms with Gasteiger partial charge >= 0.3 is 155 Å².